The number of carbonyl (C=O) groups is 1. The summed E-state index contributed by atoms with van der Waals surface area (Å²) >= 11 is 7.13. The van der Waals surface area contributed by atoms with Crippen LogP contribution >= 0.6 is 23.4 Å². The number of nitrogen functional groups attached to an aromatic ring is 1. The van der Waals surface area contributed by atoms with Gasteiger partial charge < -0.3 is 11.2 Å². The number of nitrogens with one attached hydrogen (secondary N) is 1. The van der Waals surface area contributed by atoms with Crippen molar-refractivity contribution in [3.63, 3.8) is 0 Å². The smallest absolute Gasteiger partial charge is 0.233 e. The van der Waals surface area contributed by atoms with Crippen LogP contribution in [0.4, 0.5) is 0 Å². The SMILES string of the molecule is C[C@@H](Sc1nnc(-c2cccc(Cl)c2)n1N)C(=O)N[C@@H]1CCS(=O)(=O)C1. The number of rotatable bonds is 5. The highest BCUT2D eigenvalue weighted by molar-refractivity contribution is 8.00. The van der Waals surface area contributed by atoms with Crippen molar-refractivity contribution < 1.29 is 13.2 Å². The zero-order chi connectivity index (χ0) is 18.9. The molecule has 0 saturated carbocycles. The van der Waals surface area contributed by atoms with E-state index in [9.17, 15) is 13.2 Å². The van der Waals surface area contributed by atoms with Crippen LogP contribution < -0.4 is 11.2 Å². The number of thioether (sulfide) groups is 1. The lowest BCUT2D eigenvalue weighted by molar-refractivity contribution is -0.120. The summed E-state index contributed by atoms with van der Waals surface area (Å²) < 4.78 is 24.3. The van der Waals surface area contributed by atoms with E-state index in [2.05, 4.69) is 15.5 Å². The summed E-state index contributed by atoms with van der Waals surface area (Å²) in [6.07, 6.45) is 0.442. The lowest BCUT2D eigenvalue weighted by Crippen LogP contribution is -2.40. The van der Waals surface area contributed by atoms with Gasteiger partial charge in [0.05, 0.1) is 16.8 Å². The molecular weight excluding hydrogens is 398 g/mol. The Morgan fingerprint density at radius 3 is 2.88 bits per heavy atom. The van der Waals surface area contributed by atoms with Crippen LogP contribution in [0.3, 0.4) is 0 Å². The normalized spacial score (nSPS) is 20.0. The molecule has 0 spiro atoms. The van der Waals surface area contributed by atoms with Crippen LogP contribution in [-0.4, -0.2) is 52.0 Å². The van der Waals surface area contributed by atoms with Crippen molar-refractivity contribution in [3.05, 3.63) is 29.3 Å². The summed E-state index contributed by atoms with van der Waals surface area (Å²) in [4.78, 5) is 12.3. The van der Waals surface area contributed by atoms with E-state index in [4.69, 9.17) is 17.4 Å². The maximum absolute atomic E-state index is 12.3. The van der Waals surface area contributed by atoms with Gasteiger partial charge >= 0.3 is 0 Å². The molecule has 1 aromatic carbocycles. The highest BCUT2D eigenvalue weighted by Gasteiger charge is 2.30. The van der Waals surface area contributed by atoms with Gasteiger partial charge in [-0.05, 0) is 25.5 Å². The van der Waals surface area contributed by atoms with Gasteiger partial charge in [0.1, 0.15) is 0 Å². The second-order valence-corrected chi connectivity index (χ2v) is 10.0. The number of sulfone groups is 1. The van der Waals surface area contributed by atoms with Crippen LogP contribution in [0.2, 0.25) is 5.02 Å². The summed E-state index contributed by atoms with van der Waals surface area (Å²) in [6, 6.07) is 6.72. The Bertz CT molecular complexity index is 931. The molecule has 3 rings (SSSR count). The average Bonchev–Trinajstić information content (AvgIpc) is 3.10. The molecule has 2 aromatic rings. The number of carbonyl (C=O) groups excluding carboxylic acids is 1. The van der Waals surface area contributed by atoms with Gasteiger partial charge in [-0.15, -0.1) is 10.2 Å². The molecule has 1 aliphatic rings. The average molecular weight is 416 g/mol. The molecule has 0 radical (unpaired) electrons. The van der Waals surface area contributed by atoms with E-state index in [0.29, 0.717) is 28.0 Å². The minimum atomic E-state index is -3.04. The van der Waals surface area contributed by atoms with Crippen LogP contribution in [0.5, 0.6) is 0 Å². The van der Waals surface area contributed by atoms with E-state index in [1.807, 2.05) is 6.07 Å². The molecule has 2 heterocycles. The van der Waals surface area contributed by atoms with Crippen molar-refractivity contribution in [1.82, 2.24) is 20.2 Å². The maximum Gasteiger partial charge on any atom is 0.233 e. The molecule has 3 N–H and O–H groups in total. The topological polar surface area (TPSA) is 120 Å². The zero-order valence-corrected chi connectivity index (χ0v) is 16.3. The van der Waals surface area contributed by atoms with Crippen molar-refractivity contribution in [3.8, 4) is 11.4 Å². The van der Waals surface area contributed by atoms with Gasteiger partial charge in [0, 0.05) is 16.6 Å². The van der Waals surface area contributed by atoms with Crippen molar-refractivity contribution >= 4 is 39.1 Å². The predicted octanol–water partition coefficient (Wildman–Crippen LogP) is 1.10. The van der Waals surface area contributed by atoms with E-state index in [1.54, 1.807) is 25.1 Å². The van der Waals surface area contributed by atoms with Gasteiger partial charge in [0.25, 0.3) is 0 Å². The number of amides is 1. The third-order valence-corrected chi connectivity index (χ3v) is 7.04. The van der Waals surface area contributed by atoms with E-state index >= 15 is 0 Å². The van der Waals surface area contributed by atoms with Gasteiger partial charge in [-0.3, -0.25) is 4.79 Å². The van der Waals surface area contributed by atoms with Crippen molar-refractivity contribution in [2.24, 2.45) is 0 Å². The molecule has 1 saturated heterocycles. The van der Waals surface area contributed by atoms with Crippen LogP contribution in [0.25, 0.3) is 11.4 Å². The third kappa shape index (κ3) is 4.30. The zero-order valence-electron chi connectivity index (χ0n) is 13.9. The fraction of sp³-hybridized carbons (Fsp3) is 0.400. The van der Waals surface area contributed by atoms with Crippen molar-refractivity contribution in [2.75, 3.05) is 17.3 Å². The standard InChI is InChI=1S/C15H18ClN5O3S2/c1-9(14(22)18-12-5-6-26(23,24)8-12)25-15-20-19-13(21(15)17)10-3-2-4-11(16)7-10/h2-4,7,9,12H,5-6,8,17H2,1H3,(H,18,22)/t9-,12-/m1/s1. The summed E-state index contributed by atoms with van der Waals surface area (Å²) in [6.45, 7) is 1.71. The Morgan fingerprint density at radius 2 is 2.23 bits per heavy atom. The first-order chi connectivity index (χ1) is 12.2. The Hall–Kier alpha value is -1.78. The molecule has 0 bridgehead atoms. The number of halogens is 1. The van der Waals surface area contributed by atoms with Crippen LogP contribution in [-0.2, 0) is 14.6 Å². The van der Waals surface area contributed by atoms with Crippen LogP contribution in [0, 0.1) is 0 Å². The second kappa shape index (κ2) is 7.45. The number of aromatic nitrogens is 3. The summed E-state index contributed by atoms with van der Waals surface area (Å²) in [7, 11) is -3.04. The summed E-state index contributed by atoms with van der Waals surface area (Å²) in [5.41, 5.74) is 0.715. The quantitative estimate of drug-likeness (QED) is 0.554. The maximum atomic E-state index is 12.3. The van der Waals surface area contributed by atoms with Gasteiger partial charge in [-0.2, -0.15) is 0 Å². The number of nitrogens with two attached hydrogens (primary N) is 1. The largest absolute Gasteiger partial charge is 0.351 e. The Labute approximate surface area is 160 Å². The molecule has 1 aromatic heterocycles. The molecule has 1 aliphatic heterocycles. The van der Waals surface area contributed by atoms with E-state index in [0.717, 1.165) is 11.8 Å². The van der Waals surface area contributed by atoms with E-state index in [1.165, 1.54) is 4.68 Å². The first-order valence-electron chi connectivity index (χ1n) is 7.89. The molecule has 1 fully saturated rings. The molecule has 8 nitrogen and oxygen atoms in total. The van der Waals surface area contributed by atoms with Gasteiger partial charge in [-0.1, -0.05) is 35.5 Å². The molecule has 26 heavy (non-hydrogen) atoms. The number of hydrogen-bond donors (Lipinski definition) is 2. The molecule has 1 amide bonds. The third-order valence-electron chi connectivity index (χ3n) is 3.98. The fourth-order valence-electron chi connectivity index (χ4n) is 2.62. The Kier molecular flexibility index (Phi) is 5.44. The molecule has 0 unspecified atom stereocenters. The molecular formula is C15H18ClN5O3S2. The summed E-state index contributed by atoms with van der Waals surface area (Å²) in [5, 5.41) is 11.3. The molecule has 2 atom stereocenters. The van der Waals surface area contributed by atoms with Crippen molar-refractivity contribution in [2.45, 2.75) is 29.8 Å². The highest BCUT2D eigenvalue weighted by Crippen LogP contribution is 2.26. The Morgan fingerprint density at radius 1 is 1.46 bits per heavy atom. The minimum Gasteiger partial charge on any atom is -0.351 e. The highest BCUT2D eigenvalue weighted by atomic mass is 35.5. The first kappa shape index (κ1) is 19.0. The lowest BCUT2D eigenvalue weighted by atomic mass is 10.2. The predicted molar refractivity (Wildman–Crippen MR) is 101 cm³/mol. The second-order valence-electron chi connectivity index (χ2n) is 6.06. The number of nitrogens with zero attached hydrogens (tertiary/aromatic N) is 3. The van der Waals surface area contributed by atoms with E-state index < -0.39 is 15.1 Å². The van der Waals surface area contributed by atoms with E-state index in [-0.39, 0.29) is 23.5 Å². The fourth-order valence-corrected chi connectivity index (χ4v) is 5.26. The van der Waals surface area contributed by atoms with Gasteiger partial charge in [-0.25, -0.2) is 13.1 Å². The first-order valence-corrected chi connectivity index (χ1v) is 11.0. The van der Waals surface area contributed by atoms with Crippen LogP contribution in [0.1, 0.15) is 13.3 Å². The monoisotopic (exact) mass is 415 g/mol. The Balaban J connectivity index is 1.66. The molecule has 140 valence electrons. The number of hydrogen-bond acceptors (Lipinski definition) is 7. The summed E-state index contributed by atoms with van der Waals surface area (Å²) in [5.74, 6) is 6.32. The molecule has 0 aliphatic carbocycles. The van der Waals surface area contributed by atoms with Gasteiger partial charge in [0.2, 0.25) is 11.1 Å². The van der Waals surface area contributed by atoms with Crippen LogP contribution in [0.15, 0.2) is 29.4 Å². The molecule has 11 heteroatoms. The number of benzene rings is 1. The lowest BCUT2D eigenvalue weighted by Gasteiger charge is -2.15. The van der Waals surface area contributed by atoms with Gasteiger partial charge in [0.15, 0.2) is 15.7 Å². The minimum absolute atomic E-state index is 0.0118. The van der Waals surface area contributed by atoms with Crippen molar-refractivity contribution in [1.29, 1.82) is 0 Å².